The van der Waals surface area contributed by atoms with Gasteiger partial charge in [-0.1, -0.05) is 88.4 Å². The summed E-state index contributed by atoms with van der Waals surface area (Å²) >= 11 is 0. The van der Waals surface area contributed by atoms with E-state index in [4.69, 9.17) is 9.47 Å². The molecule has 53 heavy (non-hydrogen) atoms. The molecule has 1 heterocycles. The topological polar surface area (TPSA) is 212 Å². The molecule has 0 radical (unpaired) electrons. The molecule has 0 spiro atoms. The summed E-state index contributed by atoms with van der Waals surface area (Å²) in [6.07, 6.45) is 1.22. The Morgan fingerprint density at radius 2 is 1.30 bits per heavy atom. The van der Waals surface area contributed by atoms with Crippen LogP contribution in [-0.4, -0.2) is 94.9 Å². The number of hydrogen-bond acceptors (Lipinski definition) is 11. The summed E-state index contributed by atoms with van der Waals surface area (Å²) in [5.74, 6) is -1.84. The minimum atomic E-state index is -1.28. The van der Waals surface area contributed by atoms with Crippen LogP contribution in [0.25, 0.3) is 11.3 Å². The lowest BCUT2D eigenvalue weighted by Crippen LogP contribution is -2.58. The number of aromatic nitrogens is 1. The van der Waals surface area contributed by atoms with Crippen molar-refractivity contribution >= 4 is 24.0 Å². The lowest BCUT2D eigenvalue weighted by Gasteiger charge is -2.34. The molecule has 0 aliphatic carbocycles. The number of hydrazine groups is 1. The minimum Gasteiger partial charge on any atom is -0.509 e. The maximum Gasteiger partial charge on any atom is 0.407 e. The van der Waals surface area contributed by atoms with E-state index in [0.29, 0.717) is 5.56 Å². The second kappa shape index (κ2) is 19.2. The van der Waals surface area contributed by atoms with Gasteiger partial charge in [0.15, 0.2) is 0 Å². The molecule has 0 unspecified atom stereocenters. The third-order valence-electron chi connectivity index (χ3n) is 8.56. The smallest absolute Gasteiger partial charge is 0.407 e. The van der Waals surface area contributed by atoms with E-state index in [1.54, 1.807) is 58.2 Å². The molecule has 0 fully saturated rings. The zero-order valence-corrected chi connectivity index (χ0v) is 30.8. The van der Waals surface area contributed by atoms with E-state index in [9.17, 15) is 34.5 Å². The number of carbonyl (C=O) groups is 4. The Morgan fingerprint density at radius 3 is 1.81 bits per heavy atom. The van der Waals surface area contributed by atoms with Crippen LogP contribution in [0.5, 0.6) is 0 Å². The fourth-order valence-electron chi connectivity index (χ4n) is 5.19. The quantitative estimate of drug-likeness (QED) is 0.0791. The SMILES string of the molecule is COC(=O)N[C@H](C(=O)N[C@@H](Cc1ccccc1)/C(O)=C/N(Cc1ccc(-c2ccccn2)cc1)NC(=O)[C@@H](NC(=O)OC)C(C)(C)CO)C(C)(C)CO. The Hall–Kier alpha value is -5.67. The normalized spacial score (nSPS) is 13.5. The first-order valence-corrected chi connectivity index (χ1v) is 16.9. The molecule has 286 valence electrons. The first kappa shape index (κ1) is 41.7. The number of ether oxygens (including phenoxy) is 2. The summed E-state index contributed by atoms with van der Waals surface area (Å²) in [5, 5.41) is 40.9. The molecule has 7 N–H and O–H groups in total. The number of alkyl carbamates (subject to hydrolysis) is 2. The first-order chi connectivity index (χ1) is 25.1. The van der Waals surface area contributed by atoms with Crippen LogP contribution < -0.4 is 21.4 Å². The largest absolute Gasteiger partial charge is 0.509 e. The van der Waals surface area contributed by atoms with Crippen molar-refractivity contribution in [3.63, 3.8) is 0 Å². The van der Waals surface area contributed by atoms with E-state index >= 15 is 0 Å². The van der Waals surface area contributed by atoms with Gasteiger partial charge >= 0.3 is 12.2 Å². The number of aliphatic hydroxyl groups is 3. The van der Waals surface area contributed by atoms with Crippen LogP contribution in [0.1, 0.15) is 38.8 Å². The van der Waals surface area contributed by atoms with Crippen LogP contribution in [0.3, 0.4) is 0 Å². The minimum absolute atomic E-state index is 0.00113. The van der Waals surface area contributed by atoms with Gasteiger partial charge in [-0.3, -0.25) is 25.0 Å². The van der Waals surface area contributed by atoms with Gasteiger partial charge in [0, 0.05) is 22.6 Å². The van der Waals surface area contributed by atoms with Crippen LogP contribution in [-0.2, 0) is 32.0 Å². The van der Waals surface area contributed by atoms with Gasteiger partial charge in [-0.2, -0.15) is 0 Å². The molecular formula is C38H50N6O9. The van der Waals surface area contributed by atoms with E-state index in [-0.39, 0.29) is 18.7 Å². The summed E-state index contributed by atoms with van der Waals surface area (Å²) in [4.78, 5) is 56.4. The number of nitrogens with zero attached hydrogens (tertiary/aromatic N) is 2. The van der Waals surface area contributed by atoms with E-state index in [0.717, 1.165) is 31.0 Å². The number of carbonyl (C=O) groups excluding carboxylic acids is 4. The molecule has 3 rings (SSSR count). The molecule has 0 aliphatic heterocycles. The summed E-state index contributed by atoms with van der Waals surface area (Å²) in [7, 11) is 2.29. The standard InChI is InChI=1S/C38H50N6O9/c1-37(2,23-45)31(41-35(50)52-5)33(48)40-29(20-25-12-8-7-9-13-25)30(47)22-44(43-34(49)32(38(3,4)24-46)42-36(51)53-6)21-26-15-17-27(18-16-26)28-14-10-11-19-39-28/h7-19,22,29,31-32,45-47H,20-21,23-24H2,1-6H3,(H,40,48)(H,41,50)(H,42,51)(H,43,49)/b30-22-/t29-,31+,32+/m0/s1. The number of aliphatic hydroxyl groups excluding tert-OH is 3. The molecule has 1 aromatic heterocycles. The predicted octanol–water partition coefficient (Wildman–Crippen LogP) is 3.19. The number of rotatable bonds is 17. The van der Waals surface area contributed by atoms with Crippen LogP contribution in [0.4, 0.5) is 9.59 Å². The second-order valence-electron chi connectivity index (χ2n) is 13.8. The third-order valence-corrected chi connectivity index (χ3v) is 8.56. The number of nitrogens with one attached hydrogen (secondary N) is 4. The Balaban J connectivity index is 2.06. The van der Waals surface area contributed by atoms with Crippen molar-refractivity contribution in [3.8, 4) is 11.3 Å². The van der Waals surface area contributed by atoms with Gasteiger partial charge in [0.25, 0.3) is 5.91 Å². The molecular weight excluding hydrogens is 684 g/mol. The Morgan fingerprint density at radius 1 is 0.755 bits per heavy atom. The number of pyridine rings is 1. The van der Waals surface area contributed by atoms with Crippen LogP contribution >= 0.6 is 0 Å². The van der Waals surface area contributed by atoms with Crippen LogP contribution in [0.2, 0.25) is 0 Å². The van der Waals surface area contributed by atoms with Crippen LogP contribution in [0, 0.1) is 10.8 Å². The van der Waals surface area contributed by atoms with E-state index in [1.807, 2.05) is 48.5 Å². The Bertz CT molecular complexity index is 1690. The molecule has 15 nitrogen and oxygen atoms in total. The van der Waals surface area contributed by atoms with Crippen molar-refractivity contribution in [2.45, 2.75) is 58.8 Å². The van der Waals surface area contributed by atoms with Gasteiger partial charge < -0.3 is 40.7 Å². The maximum absolute atomic E-state index is 13.8. The van der Waals surface area contributed by atoms with Gasteiger partial charge in [-0.15, -0.1) is 0 Å². The van der Waals surface area contributed by atoms with Gasteiger partial charge in [-0.05, 0) is 29.7 Å². The molecule has 4 amide bonds. The summed E-state index contributed by atoms with van der Waals surface area (Å²) in [6, 6.07) is 18.3. The zero-order chi connectivity index (χ0) is 39.2. The lowest BCUT2D eigenvalue weighted by atomic mass is 9.84. The van der Waals surface area contributed by atoms with Crippen molar-refractivity contribution in [1.82, 2.24) is 31.4 Å². The fraction of sp³-hybridized carbons (Fsp3) is 0.395. The average molecular weight is 735 g/mol. The van der Waals surface area contributed by atoms with Crippen molar-refractivity contribution in [2.24, 2.45) is 10.8 Å². The predicted molar refractivity (Wildman–Crippen MR) is 197 cm³/mol. The first-order valence-electron chi connectivity index (χ1n) is 16.9. The monoisotopic (exact) mass is 734 g/mol. The number of methoxy groups -OCH3 is 2. The highest BCUT2D eigenvalue weighted by Gasteiger charge is 2.39. The molecule has 3 atom stereocenters. The van der Waals surface area contributed by atoms with Crippen molar-refractivity contribution < 1.29 is 44.0 Å². The Labute approximate surface area is 309 Å². The van der Waals surface area contributed by atoms with E-state index < -0.39 is 66.2 Å². The zero-order valence-electron chi connectivity index (χ0n) is 30.8. The van der Waals surface area contributed by atoms with Gasteiger partial charge in [0.1, 0.15) is 17.8 Å². The number of hydrogen-bond donors (Lipinski definition) is 7. The van der Waals surface area contributed by atoms with Crippen LogP contribution in [0.15, 0.2) is 91.0 Å². The molecule has 15 heteroatoms. The lowest BCUT2D eigenvalue weighted by molar-refractivity contribution is -0.131. The molecule has 0 bridgehead atoms. The number of benzene rings is 2. The summed E-state index contributed by atoms with van der Waals surface area (Å²) in [6.45, 7) is 5.39. The van der Waals surface area contributed by atoms with Crippen molar-refractivity contribution in [1.29, 1.82) is 0 Å². The highest BCUT2D eigenvalue weighted by Crippen LogP contribution is 2.23. The number of amides is 4. The fourth-order valence-corrected chi connectivity index (χ4v) is 5.19. The maximum atomic E-state index is 13.8. The Kier molecular flexibility index (Phi) is 15.2. The summed E-state index contributed by atoms with van der Waals surface area (Å²) in [5.41, 5.74) is 3.48. The third kappa shape index (κ3) is 12.2. The van der Waals surface area contributed by atoms with Crippen molar-refractivity contribution in [2.75, 3.05) is 27.4 Å². The second-order valence-corrected chi connectivity index (χ2v) is 13.8. The van der Waals surface area contributed by atoms with E-state index in [1.165, 1.54) is 11.2 Å². The highest BCUT2D eigenvalue weighted by atomic mass is 16.5. The van der Waals surface area contributed by atoms with Gasteiger partial charge in [0.2, 0.25) is 5.91 Å². The van der Waals surface area contributed by atoms with Gasteiger partial charge in [0.05, 0.1) is 51.9 Å². The highest BCUT2D eigenvalue weighted by molar-refractivity contribution is 5.87. The summed E-state index contributed by atoms with van der Waals surface area (Å²) < 4.78 is 9.43. The molecule has 3 aromatic rings. The molecule has 0 aliphatic rings. The molecule has 0 saturated carbocycles. The van der Waals surface area contributed by atoms with E-state index in [2.05, 4.69) is 26.4 Å². The van der Waals surface area contributed by atoms with Gasteiger partial charge in [-0.25, -0.2) is 9.59 Å². The average Bonchev–Trinajstić information content (AvgIpc) is 3.16. The molecule has 2 aromatic carbocycles. The molecule has 0 saturated heterocycles. The van der Waals surface area contributed by atoms with Crippen molar-refractivity contribution in [3.05, 3.63) is 102 Å².